The van der Waals surface area contributed by atoms with E-state index in [9.17, 15) is 4.39 Å². The summed E-state index contributed by atoms with van der Waals surface area (Å²) >= 11 is 0. The monoisotopic (exact) mass is 289 g/mol. The van der Waals surface area contributed by atoms with Crippen LogP contribution in [0, 0.1) is 23.6 Å². The highest BCUT2D eigenvalue weighted by Crippen LogP contribution is 2.25. The maximum Gasteiger partial charge on any atom is 0.128 e. The Labute approximate surface area is 127 Å². The molecule has 0 heterocycles. The lowest BCUT2D eigenvalue weighted by Crippen LogP contribution is -2.24. The Morgan fingerprint density at radius 3 is 2.76 bits per heavy atom. The van der Waals surface area contributed by atoms with Gasteiger partial charge in [0.05, 0.1) is 6.61 Å². The van der Waals surface area contributed by atoms with Gasteiger partial charge in [-0.3, -0.25) is 0 Å². The molecule has 21 heavy (non-hydrogen) atoms. The van der Waals surface area contributed by atoms with Gasteiger partial charge in [-0.2, -0.15) is 0 Å². The second-order valence-electron chi connectivity index (χ2n) is 5.93. The molecule has 0 spiro atoms. The lowest BCUT2D eigenvalue weighted by atomic mass is 10.1. The Bertz CT molecular complexity index is 512. The van der Waals surface area contributed by atoms with E-state index in [1.165, 1.54) is 31.7 Å². The summed E-state index contributed by atoms with van der Waals surface area (Å²) in [5.41, 5.74) is 1.39. The van der Waals surface area contributed by atoms with E-state index in [2.05, 4.69) is 23.8 Å². The normalized spacial score (nSPS) is 15.2. The molecule has 2 nitrogen and oxygen atoms in total. The molecule has 2 rings (SSSR count). The van der Waals surface area contributed by atoms with Gasteiger partial charge in [0, 0.05) is 30.6 Å². The summed E-state index contributed by atoms with van der Waals surface area (Å²) in [7, 11) is 2.06. The van der Waals surface area contributed by atoms with E-state index >= 15 is 0 Å². The highest BCUT2D eigenvalue weighted by molar-refractivity contribution is 5.37. The lowest BCUT2D eigenvalue weighted by molar-refractivity contribution is 0.268. The van der Waals surface area contributed by atoms with Gasteiger partial charge in [0.25, 0.3) is 0 Å². The summed E-state index contributed by atoms with van der Waals surface area (Å²) in [6, 6.07) is 5.17. The first-order chi connectivity index (χ1) is 10.2. The zero-order valence-electron chi connectivity index (χ0n) is 12.7. The maximum atomic E-state index is 14.1. The predicted octanol–water partition coefficient (Wildman–Crippen LogP) is 3.18. The van der Waals surface area contributed by atoms with Crippen molar-refractivity contribution in [2.75, 3.05) is 20.2 Å². The fourth-order valence-electron chi connectivity index (χ4n) is 2.96. The van der Waals surface area contributed by atoms with Gasteiger partial charge in [-0.1, -0.05) is 30.7 Å². The number of halogens is 1. The Balaban J connectivity index is 1.92. The van der Waals surface area contributed by atoms with Crippen LogP contribution in [0.1, 0.15) is 43.2 Å². The van der Waals surface area contributed by atoms with Crippen LogP contribution in [0.3, 0.4) is 0 Å². The van der Waals surface area contributed by atoms with Crippen LogP contribution in [0.25, 0.3) is 0 Å². The van der Waals surface area contributed by atoms with Gasteiger partial charge in [-0.15, -0.1) is 0 Å². The molecule has 1 fully saturated rings. The smallest absolute Gasteiger partial charge is 0.128 e. The van der Waals surface area contributed by atoms with E-state index in [1.807, 2.05) is 12.1 Å². The summed E-state index contributed by atoms with van der Waals surface area (Å²) < 4.78 is 14.1. The van der Waals surface area contributed by atoms with Crippen molar-refractivity contribution in [3.05, 3.63) is 35.1 Å². The Morgan fingerprint density at radius 2 is 2.10 bits per heavy atom. The molecule has 0 aliphatic heterocycles. The van der Waals surface area contributed by atoms with E-state index < -0.39 is 0 Å². The maximum absolute atomic E-state index is 14.1. The molecule has 0 bridgehead atoms. The summed E-state index contributed by atoms with van der Waals surface area (Å²) in [6.07, 6.45) is 5.73. The van der Waals surface area contributed by atoms with E-state index in [-0.39, 0.29) is 12.4 Å². The van der Waals surface area contributed by atoms with E-state index in [0.29, 0.717) is 18.5 Å². The number of rotatable bonds is 5. The molecule has 1 aromatic rings. The minimum Gasteiger partial charge on any atom is -0.395 e. The molecule has 1 aliphatic carbocycles. The number of hydrogen-bond donors (Lipinski definition) is 1. The molecule has 0 aromatic heterocycles. The van der Waals surface area contributed by atoms with Crippen LogP contribution >= 0.6 is 0 Å². The second-order valence-corrected chi connectivity index (χ2v) is 5.93. The summed E-state index contributed by atoms with van der Waals surface area (Å²) in [6.45, 7) is 1.74. The van der Waals surface area contributed by atoms with Crippen LogP contribution in [0.4, 0.5) is 4.39 Å². The fraction of sp³-hybridized carbons (Fsp3) is 0.556. The molecule has 1 aromatic carbocycles. The van der Waals surface area contributed by atoms with Crippen LogP contribution in [0.2, 0.25) is 0 Å². The van der Waals surface area contributed by atoms with E-state index in [1.54, 1.807) is 0 Å². The third kappa shape index (κ3) is 5.15. The van der Waals surface area contributed by atoms with E-state index in [0.717, 1.165) is 18.0 Å². The average Bonchev–Trinajstić information content (AvgIpc) is 2.95. The number of hydrogen-bond acceptors (Lipinski definition) is 2. The van der Waals surface area contributed by atoms with Crippen LogP contribution in [0.15, 0.2) is 18.2 Å². The van der Waals surface area contributed by atoms with Crippen molar-refractivity contribution in [1.82, 2.24) is 4.90 Å². The molecule has 1 N–H and O–H groups in total. The molecule has 0 radical (unpaired) electrons. The summed E-state index contributed by atoms with van der Waals surface area (Å²) in [5.74, 6) is 6.26. The number of benzene rings is 1. The quantitative estimate of drug-likeness (QED) is 0.842. The van der Waals surface area contributed by atoms with Crippen molar-refractivity contribution in [1.29, 1.82) is 0 Å². The molecule has 0 atom stereocenters. The largest absolute Gasteiger partial charge is 0.395 e. The van der Waals surface area contributed by atoms with Gasteiger partial charge < -0.3 is 10.0 Å². The van der Waals surface area contributed by atoms with Gasteiger partial charge in [0.1, 0.15) is 5.82 Å². The van der Waals surface area contributed by atoms with Crippen LogP contribution in [-0.2, 0) is 6.54 Å². The predicted molar refractivity (Wildman–Crippen MR) is 83.3 cm³/mol. The van der Waals surface area contributed by atoms with E-state index in [4.69, 9.17) is 5.11 Å². The van der Waals surface area contributed by atoms with Crippen molar-refractivity contribution < 1.29 is 9.50 Å². The van der Waals surface area contributed by atoms with Crippen LogP contribution < -0.4 is 0 Å². The zero-order valence-corrected chi connectivity index (χ0v) is 12.7. The highest BCUT2D eigenvalue weighted by Gasteiger charge is 2.17. The van der Waals surface area contributed by atoms with Crippen molar-refractivity contribution >= 4 is 0 Å². The Kier molecular flexibility index (Phi) is 6.22. The summed E-state index contributed by atoms with van der Waals surface area (Å²) in [5, 5.41) is 8.68. The molecular formula is C18H24FNO. The number of aliphatic hydroxyl groups excluding tert-OH is 1. The first-order valence-corrected chi connectivity index (χ1v) is 7.75. The lowest BCUT2D eigenvalue weighted by Gasteiger charge is -2.21. The SMILES string of the molecule is CN(Cc1ccc(C#CCCO)cc1F)CC1CCCC1. The van der Waals surface area contributed by atoms with Crippen LogP contribution in [-0.4, -0.2) is 30.2 Å². The molecule has 1 aliphatic rings. The topological polar surface area (TPSA) is 23.5 Å². The van der Waals surface area contributed by atoms with Crippen molar-refractivity contribution in [2.24, 2.45) is 5.92 Å². The third-order valence-electron chi connectivity index (χ3n) is 4.01. The van der Waals surface area contributed by atoms with Crippen molar-refractivity contribution in [2.45, 2.75) is 38.6 Å². The highest BCUT2D eigenvalue weighted by atomic mass is 19.1. The number of aliphatic hydroxyl groups is 1. The first-order valence-electron chi connectivity index (χ1n) is 7.75. The van der Waals surface area contributed by atoms with Crippen LogP contribution in [0.5, 0.6) is 0 Å². The third-order valence-corrected chi connectivity index (χ3v) is 4.01. The standard InChI is InChI=1S/C18H24FNO/c1-20(13-16-7-2-3-8-16)14-17-10-9-15(12-18(17)19)6-4-5-11-21/h9-10,12,16,21H,2-3,5,7-8,11,13-14H2,1H3. The molecule has 114 valence electrons. The average molecular weight is 289 g/mol. The minimum atomic E-state index is -0.191. The second kappa shape index (κ2) is 8.17. The molecule has 0 unspecified atom stereocenters. The molecule has 1 saturated carbocycles. The molecule has 0 saturated heterocycles. The van der Waals surface area contributed by atoms with Gasteiger partial charge in [0.2, 0.25) is 0 Å². The minimum absolute atomic E-state index is 0.0412. The molecule has 3 heteroatoms. The van der Waals surface area contributed by atoms with Crippen molar-refractivity contribution in [3.8, 4) is 11.8 Å². The Morgan fingerprint density at radius 1 is 1.33 bits per heavy atom. The first kappa shape index (κ1) is 16.0. The van der Waals surface area contributed by atoms with Gasteiger partial charge >= 0.3 is 0 Å². The molecule has 0 amide bonds. The zero-order chi connectivity index (χ0) is 15.1. The van der Waals surface area contributed by atoms with Gasteiger partial charge in [-0.25, -0.2) is 4.39 Å². The van der Waals surface area contributed by atoms with Gasteiger partial charge in [-0.05, 0) is 37.9 Å². The molecular weight excluding hydrogens is 265 g/mol. The number of nitrogens with zero attached hydrogens (tertiary/aromatic N) is 1. The van der Waals surface area contributed by atoms with Gasteiger partial charge in [0.15, 0.2) is 0 Å². The summed E-state index contributed by atoms with van der Waals surface area (Å²) in [4.78, 5) is 2.21. The Hall–Kier alpha value is -1.37. The fourth-order valence-corrected chi connectivity index (χ4v) is 2.96. The van der Waals surface area contributed by atoms with Crippen molar-refractivity contribution in [3.63, 3.8) is 0 Å².